The first-order valence-electron chi connectivity index (χ1n) is 3.17. The van der Waals surface area contributed by atoms with Crippen molar-refractivity contribution in [1.29, 1.82) is 10.5 Å². The van der Waals surface area contributed by atoms with Gasteiger partial charge < -0.3 is 4.74 Å². The number of hydrogen-bond donors (Lipinski definition) is 0. The van der Waals surface area contributed by atoms with Gasteiger partial charge in [-0.1, -0.05) is 0 Å². The number of rotatable bonds is 1. The Morgan fingerprint density at radius 3 is 1.92 bits per heavy atom. The van der Waals surface area contributed by atoms with Crippen LogP contribution in [0.1, 0.15) is 11.1 Å². The molecule has 1 rings (SSSR count). The van der Waals surface area contributed by atoms with E-state index in [4.69, 9.17) is 10.5 Å². The van der Waals surface area contributed by atoms with Crippen molar-refractivity contribution in [3.05, 3.63) is 36.4 Å². The van der Waals surface area contributed by atoms with Crippen molar-refractivity contribution in [2.45, 2.75) is 0 Å². The molecular weight excluding hydrogens is 152 g/mol. The van der Waals surface area contributed by atoms with Gasteiger partial charge in [0.15, 0.2) is 0 Å². The standard InChI is InChI=1S/C9H5N2O/c1-12-9-3-7(5-10)2-8(4-9)6-11/h2-4H,1H2. The molecule has 12 heavy (non-hydrogen) atoms. The molecule has 0 bridgehead atoms. The topological polar surface area (TPSA) is 56.8 Å². The summed E-state index contributed by atoms with van der Waals surface area (Å²) in [6, 6.07) is 8.37. The lowest BCUT2D eigenvalue weighted by atomic mass is 10.1. The van der Waals surface area contributed by atoms with Gasteiger partial charge in [-0.3, -0.25) is 0 Å². The second kappa shape index (κ2) is 3.41. The summed E-state index contributed by atoms with van der Waals surface area (Å²) in [4.78, 5) is 0. The Kier molecular flexibility index (Phi) is 2.30. The van der Waals surface area contributed by atoms with Gasteiger partial charge in [0.25, 0.3) is 0 Å². The molecule has 1 radical (unpaired) electrons. The van der Waals surface area contributed by atoms with E-state index in [-0.39, 0.29) is 0 Å². The van der Waals surface area contributed by atoms with Crippen LogP contribution >= 0.6 is 0 Å². The molecule has 0 aliphatic carbocycles. The molecule has 3 heteroatoms. The third kappa shape index (κ3) is 1.53. The maximum absolute atomic E-state index is 8.54. The van der Waals surface area contributed by atoms with Crippen molar-refractivity contribution in [2.24, 2.45) is 0 Å². The van der Waals surface area contributed by atoms with Crippen LogP contribution in [0.5, 0.6) is 5.75 Å². The highest BCUT2D eigenvalue weighted by molar-refractivity contribution is 5.45. The first kappa shape index (κ1) is 8.10. The zero-order chi connectivity index (χ0) is 8.97. The highest BCUT2D eigenvalue weighted by atomic mass is 16.5. The molecular formula is C9H5N2O. The van der Waals surface area contributed by atoms with Crippen LogP contribution in [-0.4, -0.2) is 0 Å². The highest BCUT2D eigenvalue weighted by Crippen LogP contribution is 2.15. The molecule has 0 unspecified atom stereocenters. The van der Waals surface area contributed by atoms with E-state index in [9.17, 15) is 0 Å². The van der Waals surface area contributed by atoms with Crippen LogP contribution < -0.4 is 4.74 Å². The van der Waals surface area contributed by atoms with Crippen molar-refractivity contribution < 1.29 is 4.74 Å². The van der Waals surface area contributed by atoms with Crippen LogP contribution in [0.15, 0.2) is 18.2 Å². The van der Waals surface area contributed by atoms with E-state index in [0.717, 1.165) is 0 Å². The molecule has 0 saturated heterocycles. The molecule has 0 fully saturated rings. The number of ether oxygens (including phenoxy) is 1. The van der Waals surface area contributed by atoms with Crippen LogP contribution in [0.25, 0.3) is 0 Å². The predicted octanol–water partition coefficient (Wildman–Crippen LogP) is 1.60. The highest BCUT2D eigenvalue weighted by Gasteiger charge is 1.99. The van der Waals surface area contributed by atoms with Crippen LogP contribution in [0.2, 0.25) is 0 Å². The van der Waals surface area contributed by atoms with E-state index in [1.165, 1.54) is 18.2 Å². The Morgan fingerprint density at radius 1 is 1.08 bits per heavy atom. The van der Waals surface area contributed by atoms with Crippen LogP contribution in [0.3, 0.4) is 0 Å². The van der Waals surface area contributed by atoms with Crippen LogP contribution in [-0.2, 0) is 0 Å². The van der Waals surface area contributed by atoms with Gasteiger partial charge in [0, 0.05) is 0 Å². The van der Waals surface area contributed by atoms with Gasteiger partial charge in [0.2, 0.25) is 0 Å². The summed E-state index contributed by atoms with van der Waals surface area (Å²) in [6.07, 6.45) is 0. The first-order chi connectivity index (χ1) is 5.80. The Hall–Kier alpha value is -2.00. The van der Waals surface area contributed by atoms with Gasteiger partial charge in [-0.05, 0) is 18.2 Å². The molecule has 3 nitrogen and oxygen atoms in total. The van der Waals surface area contributed by atoms with E-state index in [1.807, 2.05) is 12.1 Å². The maximum Gasteiger partial charge on any atom is 0.122 e. The van der Waals surface area contributed by atoms with Gasteiger partial charge >= 0.3 is 0 Å². The Balaban J connectivity index is 3.24. The zero-order valence-electron chi connectivity index (χ0n) is 6.24. The fourth-order valence-corrected chi connectivity index (χ4v) is 0.811. The number of nitrogens with zero attached hydrogens (tertiary/aromatic N) is 2. The van der Waals surface area contributed by atoms with Crippen molar-refractivity contribution >= 4 is 0 Å². The van der Waals surface area contributed by atoms with Gasteiger partial charge in [-0.2, -0.15) is 10.5 Å². The van der Waals surface area contributed by atoms with Gasteiger partial charge in [-0.25, -0.2) is 0 Å². The Morgan fingerprint density at radius 2 is 1.58 bits per heavy atom. The molecule has 0 heterocycles. The molecule has 0 atom stereocenters. The van der Waals surface area contributed by atoms with Crippen molar-refractivity contribution in [2.75, 3.05) is 0 Å². The van der Waals surface area contributed by atoms with E-state index in [1.54, 1.807) is 0 Å². The third-order valence-corrected chi connectivity index (χ3v) is 1.33. The summed E-state index contributed by atoms with van der Waals surface area (Å²) in [5, 5.41) is 17.1. The number of hydrogen-bond acceptors (Lipinski definition) is 3. The fourth-order valence-electron chi connectivity index (χ4n) is 0.811. The summed E-state index contributed by atoms with van der Waals surface area (Å²) >= 11 is 0. The van der Waals surface area contributed by atoms with E-state index in [2.05, 4.69) is 11.8 Å². The van der Waals surface area contributed by atoms with Crippen molar-refractivity contribution in [1.82, 2.24) is 0 Å². The molecule has 0 amide bonds. The summed E-state index contributed by atoms with van der Waals surface area (Å²) in [6.45, 7) is 0. The fraction of sp³-hybridized carbons (Fsp3) is 0. The lowest BCUT2D eigenvalue weighted by Gasteiger charge is -1.98. The summed E-state index contributed by atoms with van der Waals surface area (Å²) in [5.74, 6) is 0.422. The van der Waals surface area contributed by atoms with Gasteiger partial charge in [0.05, 0.1) is 23.3 Å². The van der Waals surface area contributed by atoms with Crippen LogP contribution in [0.4, 0.5) is 0 Å². The lowest BCUT2D eigenvalue weighted by molar-refractivity contribution is 0.472. The van der Waals surface area contributed by atoms with E-state index < -0.39 is 0 Å². The molecule has 0 N–H and O–H groups in total. The quantitative estimate of drug-likeness (QED) is 0.622. The smallest absolute Gasteiger partial charge is 0.122 e. The van der Waals surface area contributed by atoms with E-state index >= 15 is 0 Å². The molecule has 1 aromatic rings. The molecule has 0 spiro atoms. The molecule has 1 aromatic carbocycles. The summed E-state index contributed by atoms with van der Waals surface area (Å²) in [5.41, 5.74) is 0.792. The largest absolute Gasteiger partial charge is 0.490 e. The molecule has 0 aliphatic heterocycles. The predicted molar refractivity (Wildman–Crippen MR) is 41.9 cm³/mol. The number of benzene rings is 1. The minimum atomic E-state index is 0.396. The average Bonchev–Trinajstić information content (AvgIpc) is 2.16. The SMILES string of the molecule is [CH2]Oc1cc(C#N)cc(C#N)c1. The third-order valence-electron chi connectivity index (χ3n) is 1.33. The lowest BCUT2D eigenvalue weighted by Crippen LogP contribution is -1.84. The second-order valence-corrected chi connectivity index (χ2v) is 2.11. The molecule has 57 valence electrons. The van der Waals surface area contributed by atoms with Gasteiger partial charge in [-0.15, -0.1) is 0 Å². The minimum Gasteiger partial charge on any atom is -0.490 e. The summed E-state index contributed by atoms with van der Waals surface area (Å²) < 4.78 is 4.65. The Bertz CT molecular complexity index is 339. The second-order valence-electron chi connectivity index (χ2n) is 2.11. The van der Waals surface area contributed by atoms with Crippen molar-refractivity contribution in [3.63, 3.8) is 0 Å². The molecule has 0 aliphatic rings. The molecule has 0 saturated carbocycles. The van der Waals surface area contributed by atoms with Crippen molar-refractivity contribution in [3.8, 4) is 17.9 Å². The van der Waals surface area contributed by atoms with E-state index in [0.29, 0.717) is 16.9 Å². The zero-order valence-corrected chi connectivity index (χ0v) is 6.24. The number of nitriles is 2. The summed E-state index contributed by atoms with van der Waals surface area (Å²) in [7, 11) is 3.19. The minimum absolute atomic E-state index is 0.396. The Labute approximate surface area is 70.4 Å². The van der Waals surface area contributed by atoms with Crippen LogP contribution in [0, 0.1) is 29.8 Å². The normalized spacial score (nSPS) is 8.25. The molecule has 0 aromatic heterocycles. The maximum atomic E-state index is 8.54. The van der Waals surface area contributed by atoms with Gasteiger partial charge in [0.1, 0.15) is 12.9 Å². The monoisotopic (exact) mass is 157 g/mol. The average molecular weight is 157 g/mol. The first-order valence-corrected chi connectivity index (χ1v) is 3.17.